The lowest BCUT2D eigenvalue weighted by Crippen LogP contribution is -2.43. The molecule has 0 aromatic carbocycles. The molecule has 0 radical (unpaired) electrons. The number of hydrogen-bond acceptors (Lipinski definition) is 4. The van der Waals surface area contributed by atoms with Crippen LogP contribution in [0.3, 0.4) is 0 Å². The zero-order valence-electron chi connectivity index (χ0n) is 9.40. The molecule has 5 nitrogen and oxygen atoms in total. The van der Waals surface area contributed by atoms with E-state index in [9.17, 15) is 9.70 Å². The fourth-order valence-electron chi connectivity index (χ4n) is 1.11. The molecule has 0 saturated heterocycles. The minimum Gasteiger partial charge on any atom is -0.440 e. The van der Waals surface area contributed by atoms with E-state index in [0.717, 1.165) is 0 Å². The molecule has 0 aliphatic heterocycles. The van der Waals surface area contributed by atoms with Gasteiger partial charge in [-0.05, 0) is 6.92 Å². The van der Waals surface area contributed by atoms with Crippen molar-refractivity contribution >= 4 is 5.97 Å². The fourth-order valence-corrected chi connectivity index (χ4v) is 1.11. The van der Waals surface area contributed by atoms with Crippen molar-refractivity contribution in [1.29, 1.82) is 0 Å². The predicted octanol–water partition coefficient (Wildman–Crippen LogP) is 1.93. The van der Waals surface area contributed by atoms with Gasteiger partial charge in [-0.2, -0.15) is 0 Å². The third-order valence-electron chi connectivity index (χ3n) is 1.72. The Morgan fingerprint density at radius 2 is 2.00 bits per heavy atom. The van der Waals surface area contributed by atoms with Gasteiger partial charge < -0.3 is 4.74 Å². The van der Waals surface area contributed by atoms with Gasteiger partial charge in [0, 0.05) is 18.9 Å². The molecule has 1 unspecified atom stereocenters. The molecule has 0 saturated carbocycles. The summed E-state index contributed by atoms with van der Waals surface area (Å²) in [6.45, 7) is 9.16. The van der Waals surface area contributed by atoms with Gasteiger partial charge in [-0.25, -0.2) is 5.01 Å². The average Bonchev–Trinajstić information content (AvgIpc) is 2.02. The minimum absolute atomic E-state index is 0.338. The van der Waals surface area contributed by atoms with E-state index in [1.165, 1.54) is 11.9 Å². The maximum atomic E-state index is 10.8. The summed E-state index contributed by atoms with van der Waals surface area (Å²) in [5.74, 6) is -0.410. The van der Waals surface area contributed by atoms with E-state index in [0.29, 0.717) is 6.54 Å². The summed E-state index contributed by atoms with van der Waals surface area (Å²) < 4.78 is 5.05. The summed E-state index contributed by atoms with van der Waals surface area (Å²) in [6, 6.07) is 0. The summed E-state index contributed by atoms with van der Waals surface area (Å²) in [4.78, 5) is 21.3. The predicted molar refractivity (Wildman–Crippen MR) is 53.2 cm³/mol. The van der Waals surface area contributed by atoms with Crippen molar-refractivity contribution in [3.8, 4) is 0 Å². The van der Waals surface area contributed by atoms with Crippen molar-refractivity contribution in [3.05, 3.63) is 4.91 Å². The van der Waals surface area contributed by atoms with Gasteiger partial charge in [0.25, 0.3) is 0 Å². The largest absolute Gasteiger partial charge is 0.440 e. The van der Waals surface area contributed by atoms with Crippen LogP contribution in [0.5, 0.6) is 0 Å². The van der Waals surface area contributed by atoms with Crippen LogP contribution in [0.1, 0.15) is 34.6 Å². The molecular formula is C9H18N2O3. The SMILES string of the molecule is CCN(N=O)C(OC(C)=O)C(C)(C)C. The summed E-state index contributed by atoms with van der Waals surface area (Å²) in [5.41, 5.74) is -0.338. The number of hydrogen-bond donors (Lipinski definition) is 0. The monoisotopic (exact) mass is 202 g/mol. The van der Waals surface area contributed by atoms with Crippen molar-refractivity contribution in [1.82, 2.24) is 5.01 Å². The third kappa shape index (κ3) is 3.72. The molecule has 0 aromatic rings. The van der Waals surface area contributed by atoms with Gasteiger partial charge in [0.2, 0.25) is 0 Å². The first-order valence-corrected chi connectivity index (χ1v) is 4.60. The second-order valence-electron chi connectivity index (χ2n) is 4.17. The summed E-state index contributed by atoms with van der Waals surface area (Å²) in [7, 11) is 0. The number of nitroso groups, excluding NO2 is 1. The molecule has 0 N–H and O–H groups in total. The second kappa shape index (κ2) is 4.93. The Labute approximate surface area is 84.4 Å². The van der Waals surface area contributed by atoms with E-state index in [2.05, 4.69) is 5.29 Å². The highest BCUT2D eigenvalue weighted by Gasteiger charge is 2.32. The molecule has 0 bridgehead atoms. The van der Waals surface area contributed by atoms with Crippen molar-refractivity contribution < 1.29 is 9.53 Å². The molecule has 0 aliphatic carbocycles. The van der Waals surface area contributed by atoms with Gasteiger partial charge in [-0.3, -0.25) is 4.79 Å². The lowest BCUT2D eigenvalue weighted by molar-refractivity contribution is -0.169. The van der Waals surface area contributed by atoms with Gasteiger partial charge in [-0.15, -0.1) is 4.91 Å². The Balaban J connectivity index is 4.70. The first-order valence-electron chi connectivity index (χ1n) is 4.60. The van der Waals surface area contributed by atoms with Crippen molar-refractivity contribution in [3.63, 3.8) is 0 Å². The van der Waals surface area contributed by atoms with Crippen LogP contribution in [-0.2, 0) is 9.53 Å². The van der Waals surface area contributed by atoms with Crippen LogP contribution in [0, 0.1) is 10.3 Å². The van der Waals surface area contributed by atoms with Crippen LogP contribution in [0.4, 0.5) is 0 Å². The Morgan fingerprint density at radius 3 is 2.21 bits per heavy atom. The lowest BCUT2D eigenvalue weighted by atomic mass is 9.94. The number of rotatable bonds is 4. The van der Waals surface area contributed by atoms with E-state index in [4.69, 9.17) is 4.74 Å². The van der Waals surface area contributed by atoms with Crippen LogP contribution in [-0.4, -0.2) is 23.8 Å². The number of carbonyl (C=O) groups excluding carboxylic acids is 1. The molecule has 0 amide bonds. The third-order valence-corrected chi connectivity index (χ3v) is 1.72. The average molecular weight is 202 g/mol. The molecule has 0 rings (SSSR count). The summed E-state index contributed by atoms with van der Waals surface area (Å²) >= 11 is 0. The lowest BCUT2D eigenvalue weighted by Gasteiger charge is -2.34. The van der Waals surface area contributed by atoms with Crippen LogP contribution >= 0.6 is 0 Å². The van der Waals surface area contributed by atoms with Crippen LogP contribution in [0.15, 0.2) is 5.29 Å². The number of nitrogens with zero attached hydrogens (tertiary/aromatic N) is 2. The van der Waals surface area contributed by atoms with E-state index >= 15 is 0 Å². The maximum Gasteiger partial charge on any atom is 0.304 e. The standard InChI is InChI=1S/C9H18N2O3/c1-6-11(10-13)8(9(3,4)5)14-7(2)12/h8H,6H2,1-5H3. The zero-order chi connectivity index (χ0) is 11.4. The molecule has 0 spiro atoms. The summed E-state index contributed by atoms with van der Waals surface area (Å²) in [5, 5.41) is 4.06. The molecule has 14 heavy (non-hydrogen) atoms. The van der Waals surface area contributed by atoms with E-state index < -0.39 is 12.2 Å². The quantitative estimate of drug-likeness (QED) is 0.302. The zero-order valence-corrected chi connectivity index (χ0v) is 9.40. The van der Waals surface area contributed by atoms with Gasteiger partial charge in [-0.1, -0.05) is 20.8 Å². The van der Waals surface area contributed by atoms with Crippen LogP contribution in [0.25, 0.3) is 0 Å². The Hall–Kier alpha value is -1.13. The highest BCUT2D eigenvalue weighted by atomic mass is 16.6. The number of esters is 1. The van der Waals surface area contributed by atoms with Crippen molar-refractivity contribution in [2.75, 3.05) is 6.54 Å². The van der Waals surface area contributed by atoms with Crippen LogP contribution < -0.4 is 0 Å². The Morgan fingerprint density at radius 1 is 1.50 bits per heavy atom. The normalized spacial score (nSPS) is 13.2. The van der Waals surface area contributed by atoms with Crippen molar-refractivity contribution in [2.24, 2.45) is 10.7 Å². The molecule has 0 heterocycles. The van der Waals surface area contributed by atoms with Crippen LogP contribution in [0.2, 0.25) is 0 Å². The molecule has 1 atom stereocenters. The van der Waals surface area contributed by atoms with E-state index in [1.807, 2.05) is 20.8 Å². The summed E-state index contributed by atoms with van der Waals surface area (Å²) in [6.07, 6.45) is -0.609. The second-order valence-corrected chi connectivity index (χ2v) is 4.17. The van der Waals surface area contributed by atoms with E-state index in [1.54, 1.807) is 6.92 Å². The highest BCUT2D eigenvalue weighted by molar-refractivity contribution is 5.66. The van der Waals surface area contributed by atoms with Gasteiger partial charge >= 0.3 is 5.97 Å². The Kier molecular flexibility index (Phi) is 4.53. The highest BCUT2D eigenvalue weighted by Crippen LogP contribution is 2.25. The molecule has 0 fully saturated rings. The molecule has 0 aliphatic rings. The van der Waals surface area contributed by atoms with E-state index in [-0.39, 0.29) is 5.41 Å². The first-order chi connectivity index (χ1) is 6.32. The molecule has 82 valence electrons. The van der Waals surface area contributed by atoms with Gasteiger partial charge in [0.05, 0.1) is 5.29 Å². The molecular weight excluding hydrogens is 184 g/mol. The van der Waals surface area contributed by atoms with Crippen molar-refractivity contribution in [2.45, 2.75) is 40.8 Å². The number of ether oxygens (including phenoxy) is 1. The first kappa shape index (κ1) is 12.9. The van der Waals surface area contributed by atoms with Gasteiger partial charge in [0.15, 0.2) is 6.23 Å². The minimum atomic E-state index is -0.609. The maximum absolute atomic E-state index is 10.8. The topological polar surface area (TPSA) is 59.0 Å². The smallest absolute Gasteiger partial charge is 0.304 e. The molecule has 0 aromatic heterocycles. The number of carbonyl (C=O) groups is 1. The fraction of sp³-hybridized carbons (Fsp3) is 0.889. The molecule has 5 heteroatoms. The Bertz CT molecular complexity index is 211. The van der Waals surface area contributed by atoms with Gasteiger partial charge in [0.1, 0.15) is 0 Å².